The summed E-state index contributed by atoms with van der Waals surface area (Å²) in [6.45, 7) is 0. The fourth-order valence-corrected chi connectivity index (χ4v) is 4.27. The van der Waals surface area contributed by atoms with Crippen LogP contribution in [0.15, 0.2) is 76.7 Å². The smallest absolute Gasteiger partial charge is 0.268 e. The molecule has 1 unspecified atom stereocenters. The van der Waals surface area contributed by atoms with Gasteiger partial charge < -0.3 is 9.67 Å². The second kappa shape index (κ2) is 8.14. The second-order valence-corrected chi connectivity index (χ2v) is 8.12. The van der Waals surface area contributed by atoms with Crippen LogP contribution in [0, 0.1) is 0 Å². The van der Waals surface area contributed by atoms with Gasteiger partial charge in [-0.15, -0.1) is 0 Å². The number of rotatable bonds is 5. The van der Waals surface area contributed by atoms with Crippen LogP contribution < -0.4 is 0 Å². The van der Waals surface area contributed by atoms with Crippen LogP contribution in [-0.4, -0.2) is 21.1 Å². The number of pyridine rings is 1. The first-order valence-electron chi connectivity index (χ1n) is 8.89. The Hall–Kier alpha value is -2.41. The fourth-order valence-electron chi connectivity index (χ4n) is 3.11. The summed E-state index contributed by atoms with van der Waals surface area (Å²) >= 11 is 7.57. The number of fused-ring (bicyclic) bond motifs is 1. The van der Waals surface area contributed by atoms with Gasteiger partial charge >= 0.3 is 0 Å². The number of aliphatic hydroxyl groups excluding tert-OH is 1. The van der Waals surface area contributed by atoms with Crippen molar-refractivity contribution < 1.29 is 13.9 Å². The van der Waals surface area contributed by atoms with E-state index in [4.69, 9.17) is 16.6 Å². The van der Waals surface area contributed by atoms with Crippen molar-refractivity contribution in [2.45, 2.75) is 22.3 Å². The van der Waals surface area contributed by atoms with Crippen molar-refractivity contribution in [2.75, 3.05) is 0 Å². The predicted octanol–water partition coefficient (Wildman–Crippen LogP) is 6.30. The Bertz CT molecular complexity index is 1100. The molecular weight excluding hydrogens is 414 g/mol. The highest BCUT2D eigenvalue weighted by Crippen LogP contribution is 2.44. The highest BCUT2D eigenvalue weighted by molar-refractivity contribution is 7.99. The highest BCUT2D eigenvalue weighted by Gasteiger charge is 2.23. The molecule has 0 saturated carbocycles. The molecule has 148 valence electrons. The van der Waals surface area contributed by atoms with Crippen molar-refractivity contribution in [2.24, 2.45) is 7.05 Å². The van der Waals surface area contributed by atoms with Crippen LogP contribution in [0.2, 0.25) is 5.02 Å². The van der Waals surface area contributed by atoms with Crippen molar-refractivity contribution in [3.8, 4) is 22.6 Å². The van der Waals surface area contributed by atoms with Crippen molar-refractivity contribution in [3.05, 3.63) is 77.4 Å². The first-order chi connectivity index (χ1) is 13.9. The number of benzene rings is 2. The average Bonchev–Trinajstić information content (AvgIpc) is 3.09. The number of aryl methyl sites for hydroxylation is 1. The summed E-state index contributed by atoms with van der Waals surface area (Å²) in [6.07, 6.45) is -2.69. The average molecular weight is 431 g/mol. The quantitative estimate of drug-likeness (QED) is 0.404. The number of aliphatic hydroxyl groups is 1. The van der Waals surface area contributed by atoms with E-state index in [1.165, 1.54) is 12.1 Å². The van der Waals surface area contributed by atoms with Gasteiger partial charge in [0.05, 0.1) is 5.69 Å². The lowest BCUT2D eigenvalue weighted by atomic mass is 10.1. The normalized spacial score (nSPS) is 12.6. The molecule has 3 nitrogen and oxygen atoms in total. The molecule has 2 aromatic rings. The zero-order valence-electron chi connectivity index (χ0n) is 15.4. The minimum Gasteiger partial charge on any atom is -0.382 e. The molecule has 2 heterocycles. The van der Waals surface area contributed by atoms with E-state index in [1.807, 2.05) is 54.2 Å². The van der Waals surface area contributed by atoms with Crippen LogP contribution in [0.5, 0.6) is 0 Å². The maximum absolute atomic E-state index is 12.8. The number of hydrogen-bond acceptors (Lipinski definition) is 3. The van der Waals surface area contributed by atoms with Gasteiger partial charge in [-0.3, -0.25) is 0 Å². The van der Waals surface area contributed by atoms with E-state index in [0.717, 1.165) is 32.4 Å². The number of halogens is 3. The van der Waals surface area contributed by atoms with Gasteiger partial charge in [-0.05, 0) is 42.0 Å². The Morgan fingerprint density at radius 1 is 1.03 bits per heavy atom. The molecule has 1 atom stereocenters. The third kappa shape index (κ3) is 4.01. The van der Waals surface area contributed by atoms with Gasteiger partial charge in [0, 0.05) is 39.2 Å². The van der Waals surface area contributed by atoms with Gasteiger partial charge in [-0.1, -0.05) is 47.6 Å². The van der Waals surface area contributed by atoms with Crippen LogP contribution in [0.25, 0.3) is 22.6 Å². The minimum absolute atomic E-state index is 0.178. The summed E-state index contributed by atoms with van der Waals surface area (Å²) in [4.78, 5) is 6.80. The molecule has 0 amide bonds. The van der Waals surface area contributed by atoms with Gasteiger partial charge in [0.2, 0.25) is 0 Å². The van der Waals surface area contributed by atoms with Crippen LogP contribution in [0.3, 0.4) is 0 Å². The van der Waals surface area contributed by atoms with Crippen LogP contribution >= 0.6 is 23.4 Å². The highest BCUT2D eigenvalue weighted by atomic mass is 35.5. The molecule has 0 aliphatic carbocycles. The molecule has 2 aliphatic heterocycles. The van der Waals surface area contributed by atoms with E-state index in [9.17, 15) is 13.9 Å². The Morgan fingerprint density at radius 2 is 1.72 bits per heavy atom. The molecule has 0 fully saturated rings. The molecule has 0 spiro atoms. The standard InChI is InChI=1S/C22H17ClF2N2OS/c1-27-12-2-3-17-20(29-16-10-8-15(23)9-11-16)18(26-22(17)27)13-4-6-14(7-5-13)19(28)21(24)25/h2-12,19,21,28H,1H3. The van der Waals surface area contributed by atoms with E-state index in [-0.39, 0.29) is 5.56 Å². The number of hydrogen-bond donors (Lipinski definition) is 1. The van der Waals surface area contributed by atoms with E-state index in [2.05, 4.69) is 0 Å². The molecule has 0 bridgehead atoms. The minimum atomic E-state index is -2.82. The van der Waals surface area contributed by atoms with Gasteiger partial charge in [0.15, 0.2) is 0 Å². The van der Waals surface area contributed by atoms with Crippen molar-refractivity contribution in [1.82, 2.24) is 9.55 Å². The van der Waals surface area contributed by atoms with E-state index in [1.54, 1.807) is 23.9 Å². The van der Waals surface area contributed by atoms with E-state index < -0.39 is 12.5 Å². The maximum atomic E-state index is 12.8. The topological polar surface area (TPSA) is 38.0 Å². The van der Waals surface area contributed by atoms with Crippen LogP contribution in [0.1, 0.15) is 11.7 Å². The third-order valence-corrected chi connectivity index (χ3v) is 6.00. The van der Waals surface area contributed by atoms with Gasteiger partial charge in [-0.2, -0.15) is 0 Å². The lowest BCUT2D eigenvalue weighted by Crippen LogP contribution is -2.07. The molecule has 4 rings (SSSR count). The lowest BCUT2D eigenvalue weighted by molar-refractivity contribution is -0.00577. The number of nitrogens with zero attached hydrogens (tertiary/aromatic N) is 2. The summed E-state index contributed by atoms with van der Waals surface area (Å²) in [6, 6.07) is 18.0. The maximum Gasteiger partial charge on any atom is 0.268 e. The van der Waals surface area contributed by atoms with Crippen molar-refractivity contribution >= 4 is 23.4 Å². The fraction of sp³-hybridized carbons (Fsp3) is 0.136. The zero-order valence-corrected chi connectivity index (χ0v) is 17.0. The Kier molecular flexibility index (Phi) is 5.58. The van der Waals surface area contributed by atoms with Crippen LogP contribution in [-0.2, 0) is 7.05 Å². The number of alkyl halides is 2. The Balaban J connectivity index is 1.79. The van der Waals surface area contributed by atoms with E-state index in [0.29, 0.717) is 5.02 Å². The molecule has 0 radical (unpaired) electrons. The molecule has 2 aromatic carbocycles. The summed E-state index contributed by atoms with van der Waals surface area (Å²) < 4.78 is 27.5. The molecule has 1 N–H and O–H groups in total. The Labute approximate surface area is 176 Å². The molecule has 0 saturated heterocycles. The number of aromatic nitrogens is 2. The molecule has 2 aliphatic rings. The van der Waals surface area contributed by atoms with Crippen molar-refractivity contribution in [1.29, 1.82) is 0 Å². The molecule has 29 heavy (non-hydrogen) atoms. The van der Waals surface area contributed by atoms with E-state index >= 15 is 0 Å². The van der Waals surface area contributed by atoms with Gasteiger partial charge in [-0.25, -0.2) is 13.8 Å². The largest absolute Gasteiger partial charge is 0.382 e. The lowest BCUT2D eigenvalue weighted by Gasteiger charge is -2.10. The second-order valence-electron chi connectivity index (χ2n) is 6.60. The van der Waals surface area contributed by atoms with Gasteiger partial charge in [0.25, 0.3) is 6.43 Å². The first-order valence-corrected chi connectivity index (χ1v) is 10.1. The monoisotopic (exact) mass is 430 g/mol. The zero-order chi connectivity index (χ0) is 20.5. The first kappa shape index (κ1) is 19.9. The van der Waals surface area contributed by atoms with Crippen LogP contribution in [0.4, 0.5) is 8.78 Å². The van der Waals surface area contributed by atoms with Crippen molar-refractivity contribution in [3.63, 3.8) is 0 Å². The molecule has 0 aromatic heterocycles. The summed E-state index contributed by atoms with van der Waals surface area (Å²) in [5, 5.41) is 10.3. The van der Waals surface area contributed by atoms with Gasteiger partial charge in [0.1, 0.15) is 11.9 Å². The Morgan fingerprint density at radius 3 is 2.38 bits per heavy atom. The third-order valence-electron chi connectivity index (χ3n) is 4.62. The summed E-state index contributed by atoms with van der Waals surface area (Å²) in [5.41, 5.74) is 2.74. The molecular formula is C22H17ClF2N2OS. The molecule has 7 heteroatoms. The summed E-state index contributed by atoms with van der Waals surface area (Å²) in [7, 11) is 1.93. The predicted molar refractivity (Wildman–Crippen MR) is 112 cm³/mol. The SMILES string of the molecule is Cn1cccc2c(Sc3ccc(Cl)cc3)c(-c3ccc(C(O)C(F)F)cc3)nc1-2. The summed E-state index contributed by atoms with van der Waals surface area (Å²) in [5.74, 6) is 0.829.